The second kappa shape index (κ2) is 7.73. The third kappa shape index (κ3) is 3.62. The van der Waals surface area contributed by atoms with Crippen LogP contribution >= 0.6 is 0 Å². The lowest BCUT2D eigenvalue weighted by molar-refractivity contribution is 0.0784. The van der Waals surface area contributed by atoms with E-state index in [9.17, 15) is 4.79 Å². The largest absolute Gasteiger partial charge is 0.493 e. The van der Waals surface area contributed by atoms with Crippen LogP contribution in [0.4, 0.5) is 0 Å². The Balaban J connectivity index is 2.30. The number of hydrogen-bond donors (Lipinski definition) is 0. The predicted molar refractivity (Wildman–Crippen MR) is 93.1 cm³/mol. The molecule has 0 spiro atoms. The van der Waals surface area contributed by atoms with Crippen molar-refractivity contribution < 1.29 is 19.0 Å². The van der Waals surface area contributed by atoms with Gasteiger partial charge >= 0.3 is 0 Å². The third-order valence-electron chi connectivity index (χ3n) is 3.93. The maximum atomic E-state index is 12.8. The molecule has 5 nitrogen and oxygen atoms in total. The van der Waals surface area contributed by atoms with Gasteiger partial charge in [0.15, 0.2) is 11.5 Å². The number of aryl methyl sites for hydroxylation is 1. The molecule has 5 heteroatoms. The molecular formula is C19H23NO4. The molecule has 0 radical (unpaired) electrons. The van der Waals surface area contributed by atoms with Gasteiger partial charge in [-0.05, 0) is 30.2 Å². The molecule has 0 aliphatic carbocycles. The molecule has 2 aromatic carbocycles. The number of benzene rings is 2. The Morgan fingerprint density at radius 3 is 2.08 bits per heavy atom. The van der Waals surface area contributed by atoms with Crippen molar-refractivity contribution in [3.05, 3.63) is 53.1 Å². The van der Waals surface area contributed by atoms with Gasteiger partial charge in [-0.15, -0.1) is 0 Å². The number of methoxy groups -OCH3 is 3. The van der Waals surface area contributed by atoms with Gasteiger partial charge < -0.3 is 19.1 Å². The fraction of sp³-hybridized carbons (Fsp3) is 0.316. The fourth-order valence-electron chi connectivity index (χ4n) is 2.54. The molecule has 0 N–H and O–H groups in total. The molecule has 0 aliphatic heterocycles. The molecule has 128 valence electrons. The summed E-state index contributed by atoms with van der Waals surface area (Å²) >= 11 is 0. The van der Waals surface area contributed by atoms with Crippen molar-refractivity contribution in [2.24, 2.45) is 0 Å². The number of hydrogen-bond acceptors (Lipinski definition) is 4. The molecule has 0 atom stereocenters. The number of ether oxygens (including phenoxy) is 3. The number of amides is 1. The summed E-state index contributed by atoms with van der Waals surface area (Å²) in [5, 5.41) is 0. The molecule has 0 aliphatic rings. The van der Waals surface area contributed by atoms with Crippen LogP contribution in [-0.4, -0.2) is 39.2 Å². The van der Waals surface area contributed by atoms with E-state index in [0.29, 0.717) is 29.4 Å². The predicted octanol–water partition coefficient (Wildman–Crippen LogP) is 3.29. The lowest BCUT2D eigenvalue weighted by Crippen LogP contribution is -2.26. The van der Waals surface area contributed by atoms with Gasteiger partial charge in [0.25, 0.3) is 5.91 Å². The highest BCUT2D eigenvalue weighted by Crippen LogP contribution is 2.38. The van der Waals surface area contributed by atoms with E-state index < -0.39 is 0 Å². The normalized spacial score (nSPS) is 10.2. The summed E-state index contributed by atoms with van der Waals surface area (Å²) in [5.41, 5.74) is 2.75. The fourth-order valence-corrected chi connectivity index (χ4v) is 2.54. The molecule has 0 bridgehead atoms. The minimum atomic E-state index is -0.113. The summed E-state index contributed by atoms with van der Waals surface area (Å²) in [6.45, 7) is 2.56. The van der Waals surface area contributed by atoms with Crippen LogP contribution in [-0.2, 0) is 6.54 Å². The average molecular weight is 329 g/mol. The summed E-state index contributed by atoms with van der Waals surface area (Å²) < 4.78 is 15.9. The minimum absolute atomic E-state index is 0.113. The van der Waals surface area contributed by atoms with E-state index in [2.05, 4.69) is 0 Å². The molecule has 0 unspecified atom stereocenters. The molecular weight excluding hydrogens is 306 g/mol. The van der Waals surface area contributed by atoms with Gasteiger partial charge in [0.05, 0.1) is 21.3 Å². The van der Waals surface area contributed by atoms with Crippen molar-refractivity contribution >= 4 is 5.91 Å². The quantitative estimate of drug-likeness (QED) is 0.816. The minimum Gasteiger partial charge on any atom is -0.493 e. The van der Waals surface area contributed by atoms with Crippen LogP contribution in [0.25, 0.3) is 0 Å². The maximum absolute atomic E-state index is 12.8. The molecule has 0 fully saturated rings. The van der Waals surface area contributed by atoms with Crippen LogP contribution in [0, 0.1) is 6.92 Å². The van der Waals surface area contributed by atoms with Crippen LogP contribution in [0.1, 0.15) is 21.5 Å². The van der Waals surface area contributed by atoms with Crippen molar-refractivity contribution in [2.45, 2.75) is 13.5 Å². The maximum Gasteiger partial charge on any atom is 0.254 e. The Kier molecular flexibility index (Phi) is 5.68. The first-order valence-electron chi connectivity index (χ1n) is 7.61. The Labute approximate surface area is 142 Å². The van der Waals surface area contributed by atoms with Gasteiger partial charge in [0, 0.05) is 19.2 Å². The smallest absolute Gasteiger partial charge is 0.254 e. The van der Waals surface area contributed by atoms with Crippen molar-refractivity contribution in [3.8, 4) is 17.2 Å². The topological polar surface area (TPSA) is 48.0 Å². The number of carbonyl (C=O) groups is 1. The first kappa shape index (κ1) is 17.7. The van der Waals surface area contributed by atoms with Crippen molar-refractivity contribution in [3.63, 3.8) is 0 Å². The SMILES string of the molecule is COc1cc(C(=O)N(C)Cc2ccccc2C)cc(OC)c1OC. The Morgan fingerprint density at radius 1 is 1.00 bits per heavy atom. The van der Waals surface area contributed by atoms with Gasteiger partial charge in [-0.1, -0.05) is 24.3 Å². The third-order valence-corrected chi connectivity index (χ3v) is 3.93. The van der Waals surface area contributed by atoms with E-state index in [1.165, 1.54) is 21.3 Å². The van der Waals surface area contributed by atoms with E-state index in [0.717, 1.165) is 11.1 Å². The number of carbonyl (C=O) groups excluding carboxylic acids is 1. The lowest BCUT2D eigenvalue weighted by atomic mass is 10.1. The number of rotatable bonds is 6. The molecule has 2 rings (SSSR count). The van der Waals surface area contributed by atoms with E-state index in [1.807, 2.05) is 31.2 Å². The van der Waals surface area contributed by atoms with Crippen molar-refractivity contribution in [1.82, 2.24) is 4.90 Å². The zero-order chi connectivity index (χ0) is 17.7. The van der Waals surface area contributed by atoms with Gasteiger partial charge in [-0.25, -0.2) is 0 Å². The zero-order valence-electron chi connectivity index (χ0n) is 14.8. The van der Waals surface area contributed by atoms with E-state index >= 15 is 0 Å². The molecule has 0 saturated carbocycles. The van der Waals surface area contributed by atoms with Crippen LogP contribution in [0.15, 0.2) is 36.4 Å². The lowest BCUT2D eigenvalue weighted by Gasteiger charge is -2.20. The number of nitrogens with zero attached hydrogens (tertiary/aromatic N) is 1. The summed E-state index contributed by atoms with van der Waals surface area (Å²) in [6, 6.07) is 11.3. The van der Waals surface area contributed by atoms with E-state index in [-0.39, 0.29) is 5.91 Å². The van der Waals surface area contributed by atoms with Gasteiger partial charge in [-0.3, -0.25) is 4.79 Å². The molecule has 0 aromatic heterocycles. The summed E-state index contributed by atoms with van der Waals surface area (Å²) in [5.74, 6) is 1.28. The van der Waals surface area contributed by atoms with Crippen LogP contribution in [0.2, 0.25) is 0 Å². The first-order chi connectivity index (χ1) is 11.5. The standard InChI is InChI=1S/C19H23NO4/c1-13-8-6-7-9-14(13)12-20(2)19(21)15-10-16(22-3)18(24-5)17(11-15)23-4/h6-11H,12H2,1-5H3. The highest BCUT2D eigenvalue weighted by atomic mass is 16.5. The average Bonchev–Trinajstić information content (AvgIpc) is 2.61. The summed E-state index contributed by atoms with van der Waals surface area (Å²) in [7, 11) is 6.37. The highest BCUT2D eigenvalue weighted by molar-refractivity contribution is 5.95. The Hall–Kier alpha value is -2.69. The summed E-state index contributed by atoms with van der Waals surface area (Å²) in [6.07, 6.45) is 0. The van der Waals surface area contributed by atoms with Crippen LogP contribution in [0.5, 0.6) is 17.2 Å². The highest BCUT2D eigenvalue weighted by Gasteiger charge is 2.19. The molecule has 24 heavy (non-hydrogen) atoms. The van der Waals surface area contributed by atoms with Crippen LogP contribution in [0.3, 0.4) is 0 Å². The summed E-state index contributed by atoms with van der Waals surface area (Å²) in [4.78, 5) is 14.4. The molecule has 1 amide bonds. The van der Waals surface area contributed by atoms with Gasteiger partial charge in [0.2, 0.25) is 5.75 Å². The van der Waals surface area contributed by atoms with Crippen molar-refractivity contribution in [2.75, 3.05) is 28.4 Å². The first-order valence-corrected chi connectivity index (χ1v) is 7.61. The monoisotopic (exact) mass is 329 g/mol. The van der Waals surface area contributed by atoms with Gasteiger partial charge in [-0.2, -0.15) is 0 Å². The second-order valence-electron chi connectivity index (χ2n) is 5.50. The van der Waals surface area contributed by atoms with Gasteiger partial charge in [0.1, 0.15) is 0 Å². The Bertz CT molecular complexity index is 702. The Morgan fingerprint density at radius 2 is 1.58 bits per heavy atom. The van der Waals surface area contributed by atoms with E-state index in [4.69, 9.17) is 14.2 Å². The molecule has 2 aromatic rings. The van der Waals surface area contributed by atoms with Crippen molar-refractivity contribution in [1.29, 1.82) is 0 Å². The second-order valence-corrected chi connectivity index (χ2v) is 5.50. The van der Waals surface area contributed by atoms with E-state index in [1.54, 1.807) is 24.1 Å². The van der Waals surface area contributed by atoms with Crippen LogP contribution < -0.4 is 14.2 Å². The zero-order valence-corrected chi connectivity index (χ0v) is 14.8. The molecule has 0 heterocycles. The molecule has 0 saturated heterocycles.